The third kappa shape index (κ3) is 3.85. The first-order valence-corrected chi connectivity index (χ1v) is 19.7. The van der Waals surface area contributed by atoms with Gasteiger partial charge in [0.1, 0.15) is 11.2 Å². The number of aromatic nitrogens is 2. The molecule has 0 N–H and O–H groups in total. The van der Waals surface area contributed by atoms with Crippen LogP contribution in [0, 0.1) is 0 Å². The van der Waals surface area contributed by atoms with Gasteiger partial charge in [-0.2, -0.15) is 0 Å². The van der Waals surface area contributed by atoms with Gasteiger partial charge in [-0.3, -0.25) is 0 Å². The molecule has 0 aliphatic heterocycles. The summed E-state index contributed by atoms with van der Waals surface area (Å²) < 4.78 is 11.2. The number of para-hydroxylation sites is 5. The molecular formula is C54H30N2O. The Labute approximate surface area is 325 Å². The number of hydrogen-bond donors (Lipinski definition) is 0. The fraction of sp³-hybridized carbons (Fsp3) is 0. The number of rotatable bonds is 3. The molecule has 3 heteroatoms. The number of hydrogen-bond acceptors (Lipinski definition) is 1. The molecular weight excluding hydrogens is 693 g/mol. The predicted molar refractivity (Wildman–Crippen MR) is 239 cm³/mol. The zero-order chi connectivity index (χ0) is 36.9. The third-order valence-electron chi connectivity index (χ3n) is 12.7. The minimum atomic E-state index is 0.906. The monoisotopic (exact) mass is 722 g/mol. The van der Waals surface area contributed by atoms with Gasteiger partial charge in [0, 0.05) is 53.9 Å². The van der Waals surface area contributed by atoms with Gasteiger partial charge in [0.25, 0.3) is 0 Å². The van der Waals surface area contributed by atoms with Crippen molar-refractivity contribution in [2.75, 3.05) is 0 Å². The van der Waals surface area contributed by atoms with E-state index in [-0.39, 0.29) is 0 Å². The van der Waals surface area contributed by atoms with Crippen molar-refractivity contribution < 1.29 is 4.42 Å². The molecule has 0 aliphatic rings. The van der Waals surface area contributed by atoms with Gasteiger partial charge in [-0.1, -0.05) is 97.1 Å². The van der Waals surface area contributed by atoms with Gasteiger partial charge in [-0.05, 0) is 118 Å². The summed E-state index contributed by atoms with van der Waals surface area (Å²) in [6.45, 7) is 0. The average molecular weight is 723 g/mol. The summed E-state index contributed by atoms with van der Waals surface area (Å²) in [6.07, 6.45) is 0. The Morgan fingerprint density at radius 1 is 0.246 bits per heavy atom. The molecule has 0 aliphatic carbocycles. The van der Waals surface area contributed by atoms with Gasteiger partial charge < -0.3 is 13.2 Å². The van der Waals surface area contributed by atoms with E-state index < -0.39 is 0 Å². The Morgan fingerprint density at radius 2 is 0.579 bits per heavy atom. The van der Waals surface area contributed by atoms with Crippen LogP contribution in [-0.2, 0) is 0 Å². The van der Waals surface area contributed by atoms with Gasteiger partial charge in [-0.15, -0.1) is 0 Å². The minimum absolute atomic E-state index is 0.906. The fourth-order valence-electron chi connectivity index (χ4n) is 10.3. The smallest absolute Gasteiger partial charge is 0.135 e. The lowest BCUT2D eigenvalue weighted by atomic mass is 9.90. The molecule has 14 aromatic rings. The Bertz CT molecular complexity index is 3620. The van der Waals surface area contributed by atoms with Crippen LogP contribution in [0.15, 0.2) is 186 Å². The highest BCUT2D eigenvalue weighted by atomic mass is 16.3. The molecule has 0 fully saturated rings. The van der Waals surface area contributed by atoms with E-state index in [4.69, 9.17) is 4.42 Å². The molecule has 5 aromatic heterocycles. The van der Waals surface area contributed by atoms with Crippen LogP contribution in [0.3, 0.4) is 0 Å². The molecule has 0 amide bonds. The molecule has 57 heavy (non-hydrogen) atoms. The van der Waals surface area contributed by atoms with Crippen molar-refractivity contribution in [2.24, 2.45) is 0 Å². The van der Waals surface area contributed by atoms with Gasteiger partial charge in [-0.25, -0.2) is 0 Å². The van der Waals surface area contributed by atoms with Crippen molar-refractivity contribution in [3.05, 3.63) is 182 Å². The molecule has 0 radical (unpaired) electrons. The normalized spacial score (nSPS) is 12.6. The van der Waals surface area contributed by atoms with E-state index >= 15 is 0 Å². The number of fused-ring (bicyclic) bond motifs is 15. The molecule has 14 rings (SSSR count). The first kappa shape index (κ1) is 29.7. The lowest BCUT2D eigenvalue weighted by molar-refractivity contribution is 0.669. The van der Waals surface area contributed by atoms with Crippen LogP contribution in [-0.4, -0.2) is 8.80 Å². The zero-order valence-electron chi connectivity index (χ0n) is 30.6. The summed E-state index contributed by atoms with van der Waals surface area (Å²) in [5.74, 6) is 0. The topological polar surface area (TPSA) is 22.0 Å². The van der Waals surface area contributed by atoms with Crippen molar-refractivity contribution in [1.29, 1.82) is 0 Å². The van der Waals surface area contributed by atoms with Crippen LogP contribution in [0.5, 0.6) is 0 Å². The molecule has 0 saturated carbocycles. The van der Waals surface area contributed by atoms with Gasteiger partial charge in [0.05, 0.1) is 33.1 Å². The summed E-state index contributed by atoms with van der Waals surface area (Å²) in [4.78, 5) is 0. The third-order valence-corrected chi connectivity index (χ3v) is 12.7. The highest BCUT2D eigenvalue weighted by molar-refractivity contribution is 6.26. The molecule has 0 bridgehead atoms. The van der Waals surface area contributed by atoms with E-state index in [1.807, 2.05) is 6.07 Å². The van der Waals surface area contributed by atoms with E-state index in [0.717, 1.165) is 27.5 Å². The predicted octanol–water partition coefficient (Wildman–Crippen LogP) is 14.9. The summed E-state index contributed by atoms with van der Waals surface area (Å²) in [7, 11) is 0. The van der Waals surface area contributed by atoms with Gasteiger partial charge >= 0.3 is 0 Å². The number of furan rings is 1. The summed E-state index contributed by atoms with van der Waals surface area (Å²) >= 11 is 0. The van der Waals surface area contributed by atoms with Crippen molar-refractivity contribution in [1.82, 2.24) is 8.80 Å². The van der Waals surface area contributed by atoms with E-state index in [2.05, 4.69) is 185 Å². The van der Waals surface area contributed by atoms with Crippen LogP contribution in [0.4, 0.5) is 0 Å². The quantitative estimate of drug-likeness (QED) is 0.178. The van der Waals surface area contributed by atoms with Crippen LogP contribution in [0.1, 0.15) is 0 Å². The molecule has 5 heterocycles. The first-order valence-electron chi connectivity index (χ1n) is 19.7. The standard InChI is InChI=1S/C54H30N2O/c1-6-16-47-37(11-1)43-27-35(28-44-38-12-2-7-17-48(38)55(47)53(43)44)33-23-32(31-21-22-52-42(26-31)41-15-5-10-20-51(41)57-52)24-34(25-33)36-29-45-39-13-3-8-18-49(39)56-50-19-9-4-14-40(50)46(30-36)54(45)56/h1-30H. The summed E-state index contributed by atoms with van der Waals surface area (Å²) in [6, 6.07) is 67.2. The Balaban J connectivity index is 1.09. The fourth-order valence-corrected chi connectivity index (χ4v) is 10.3. The van der Waals surface area contributed by atoms with Crippen LogP contribution < -0.4 is 0 Å². The second kappa shape index (κ2) is 10.6. The second-order valence-electron chi connectivity index (χ2n) is 15.7. The first-order chi connectivity index (χ1) is 28.2. The Morgan fingerprint density at radius 3 is 1.04 bits per heavy atom. The Hall–Kier alpha value is -7.62. The van der Waals surface area contributed by atoms with Crippen molar-refractivity contribution >= 4 is 98.1 Å². The molecule has 0 atom stereocenters. The molecule has 0 unspecified atom stereocenters. The lowest BCUT2D eigenvalue weighted by Crippen LogP contribution is -1.87. The average Bonchev–Trinajstić information content (AvgIpc) is 4.07. The number of nitrogens with zero attached hydrogens (tertiary/aromatic N) is 2. The lowest BCUT2D eigenvalue weighted by Gasteiger charge is -2.13. The Kier molecular flexibility index (Phi) is 5.51. The number of benzene rings is 9. The van der Waals surface area contributed by atoms with Crippen molar-refractivity contribution in [3.63, 3.8) is 0 Å². The SMILES string of the molecule is c1ccc2c(c1)oc1ccc(-c3cc(-c4cc5c6ccccc6n6c7ccccc7c(c4)c56)cc(-c4cc5c6ccccc6n6c7ccccc7c(c4)c56)c3)cc12. The molecule has 0 spiro atoms. The van der Waals surface area contributed by atoms with Crippen molar-refractivity contribution in [3.8, 4) is 33.4 Å². The maximum Gasteiger partial charge on any atom is 0.135 e. The van der Waals surface area contributed by atoms with Crippen LogP contribution in [0.25, 0.3) is 132 Å². The van der Waals surface area contributed by atoms with Crippen LogP contribution in [0.2, 0.25) is 0 Å². The highest BCUT2D eigenvalue weighted by Crippen LogP contribution is 2.45. The maximum absolute atomic E-state index is 6.28. The van der Waals surface area contributed by atoms with Crippen molar-refractivity contribution in [2.45, 2.75) is 0 Å². The van der Waals surface area contributed by atoms with E-state index in [9.17, 15) is 0 Å². The van der Waals surface area contributed by atoms with E-state index in [0.29, 0.717) is 0 Å². The van der Waals surface area contributed by atoms with Gasteiger partial charge in [0.2, 0.25) is 0 Å². The maximum atomic E-state index is 6.28. The molecule has 0 saturated heterocycles. The van der Waals surface area contributed by atoms with E-state index in [1.165, 1.54) is 104 Å². The molecule has 262 valence electrons. The molecule has 9 aromatic carbocycles. The summed E-state index contributed by atoms with van der Waals surface area (Å²) in [5.41, 5.74) is 16.5. The largest absolute Gasteiger partial charge is 0.456 e. The van der Waals surface area contributed by atoms with Crippen LogP contribution >= 0.6 is 0 Å². The summed E-state index contributed by atoms with van der Waals surface area (Å²) in [5, 5.41) is 12.5. The molecule has 3 nitrogen and oxygen atoms in total. The highest BCUT2D eigenvalue weighted by Gasteiger charge is 2.21. The van der Waals surface area contributed by atoms with E-state index in [1.54, 1.807) is 0 Å². The zero-order valence-corrected chi connectivity index (χ0v) is 30.6. The van der Waals surface area contributed by atoms with Gasteiger partial charge in [0.15, 0.2) is 0 Å². The second-order valence-corrected chi connectivity index (χ2v) is 15.7. The minimum Gasteiger partial charge on any atom is -0.456 e.